The molecule has 0 saturated heterocycles. The molecule has 2 radical (unpaired) electrons. The molecular formula is C20H38O8Sn. The van der Waals surface area contributed by atoms with Crippen LogP contribution in [0.5, 0.6) is 0 Å². The van der Waals surface area contributed by atoms with Gasteiger partial charge in [-0.05, 0) is 12.8 Å². The Morgan fingerprint density at radius 3 is 1.24 bits per heavy atom. The number of carbonyl (C=O) groups excluding carboxylic acids is 2. The first-order valence-electron chi connectivity index (χ1n) is 10.0. The molecule has 0 aromatic heterocycles. The second-order valence-electron chi connectivity index (χ2n) is 6.10. The zero-order valence-electron chi connectivity index (χ0n) is 18.3. The van der Waals surface area contributed by atoms with Crippen molar-refractivity contribution in [3.63, 3.8) is 0 Å². The van der Waals surface area contributed by atoms with Gasteiger partial charge in [0, 0.05) is 25.7 Å². The molecule has 0 rings (SSSR count). The van der Waals surface area contributed by atoms with Gasteiger partial charge < -0.3 is 19.7 Å². The van der Waals surface area contributed by atoms with Crippen LogP contribution in [0.3, 0.4) is 0 Å². The van der Waals surface area contributed by atoms with Crippen molar-refractivity contribution in [1.82, 2.24) is 0 Å². The largest absolute Gasteiger partial charge is 0.481 e. The monoisotopic (exact) mass is 526 g/mol. The van der Waals surface area contributed by atoms with Crippen molar-refractivity contribution >= 4 is 45.0 Å². The van der Waals surface area contributed by atoms with Crippen molar-refractivity contribution < 1.29 is 38.9 Å². The van der Waals surface area contributed by atoms with Crippen molar-refractivity contribution in [3.8, 4) is 0 Å². The number of ether oxygens (including phenoxy) is 2. The van der Waals surface area contributed by atoms with Gasteiger partial charge in [0.15, 0.2) is 0 Å². The Morgan fingerprint density at radius 1 is 0.655 bits per heavy atom. The van der Waals surface area contributed by atoms with E-state index in [0.717, 1.165) is 0 Å². The summed E-state index contributed by atoms with van der Waals surface area (Å²) in [5.74, 6) is -2.49. The number of aliphatic carboxylic acids is 2. The van der Waals surface area contributed by atoms with Gasteiger partial charge in [0.2, 0.25) is 0 Å². The van der Waals surface area contributed by atoms with Crippen LogP contribution in [0.2, 0.25) is 8.87 Å². The van der Waals surface area contributed by atoms with E-state index < -0.39 is 11.9 Å². The van der Waals surface area contributed by atoms with E-state index in [1.54, 1.807) is 8.87 Å². The number of unbranched alkanes of at least 4 members (excludes halogenated alkanes) is 2. The van der Waals surface area contributed by atoms with Gasteiger partial charge in [0.05, 0.1) is 14.2 Å². The SMILES string of the molecule is CCC[CH2][Sn][CH2]CCC.COC(=O)CCCC(=O)O.COC(=O)CCCC(=O)O. The summed E-state index contributed by atoms with van der Waals surface area (Å²) in [6, 6.07) is 0. The number of rotatable bonds is 14. The summed E-state index contributed by atoms with van der Waals surface area (Å²) >= 11 is 0.149. The summed E-state index contributed by atoms with van der Waals surface area (Å²) in [7, 11) is 2.56. The Bertz CT molecular complexity index is 389. The standard InChI is InChI=1S/2C6H10O4.2C4H9.Sn/c2*1-10-6(9)4-2-3-5(7)8;2*1-3-4-2;/h2*2-4H2,1H3,(H,7,8);2*1,3-4H2,2H3;. The van der Waals surface area contributed by atoms with Gasteiger partial charge in [0.1, 0.15) is 0 Å². The first-order valence-corrected chi connectivity index (χ1v) is 14.1. The van der Waals surface area contributed by atoms with Crippen molar-refractivity contribution in [3.05, 3.63) is 0 Å². The quantitative estimate of drug-likeness (QED) is 0.198. The van der Waals surface area contributed by atoms with Crippen LogP contribution in [-0.4, -0.2) is 69.5 Å². The van der Waals surface area contributed by atoms with Crippen molar-refractivity contribution in [2.24, 2.45) is 0 Å². The third-order valence-electron chi connectivity index (χ3n) is 3.41. The van der Waals surface area contributed by atoms with Crippen molar-refractivity contribution in [1.29, 1.82) is 0 Å². The third kappa shape index (κ3) is 38.0. The molecular weight excluding hydrogens is 487 g/mol. The normalized spacial score (nSPS) is 9.24. The van der Waals surface area contributed by atoms with E-state index in [-0.39, 0.29) is 58.8 Å². The van der Waals surface area contributed by atoms with E-state index in [2.05, 4.69) is 23.3 Å². The Morgan fingerprint density at radius 2 is 1.00 bits per heavy atom. The number of hydrogen-bond acceptors (Lipinski definition) is 6. The number of methoxy groups -OCH3 is 2. The molecule has 0 aromatic rings. The summed E-state index contributed by atoms with van der Waals surface area (Å²) in [5.41, 5.74) is 0. The topological polar surface area (TPSA) is 127 Å². The molecule has 0 unspecified atom stereocenters. The molecule has 0 bridgehead atoms. The van der Waals surface area contributed by atoms with E-state index in [1.807, 2.05) is 0 Å². The van der Waals surface area contributed by atoms with Gasteiger partial charge in [-0.1, -0.05) is 0 Å². The fourth-order valence-electron chi connectivity index (χ4n) is 1.70. The van der Waals surface area contributed by atoms with E-state index in [1.165, 1.54) is 39.9 Å². The number of carboxylic acids is 2. The molecule has 0 aliphatic carbocycles. The fraction of sp³-hybridized carbons (Fsp3) is 0.800. The average Bonchev–Trinajstić information content (AvgIpc) is 2.68. The van der Waals surface area contributed by atoms with Crippen LogP contribution in [0.1, 0.15) is 78.1 Å². The first kappa shape index (κ1) is 32.3. The Kier molecular flexibility index (Phi) is 29.8. The molecule has 0 aliphatic heterocycles. The molecule has 0 fully saturated rings. The molecule has 0 spiro atoms. The number of carbonyl (C=O) groups is 4. The zero-order valence-corrected chi connectivity index (χ0v) is 21.2. The maximum Gasteiger partial charge on any atom is 0.305 e. The maximum atomic E-state index is 10.4. The molecule has 0 heterocycles. The molecule has 0 aliphatic rings. The Hall–Kier alpha value is -1.32. The average molecular weight is 525 g/mol. The summed E-state index contributed by atoms with van der Waals surface area (Å²) in [5, 5.41) is 16.3. The molecule has 2 N–H and O–H groups in total. The summed E-state index contributed by atoms with van der Waals surface area (Å²) in [4.78, 5) is 40.6. The van der Waals surface area contributed by atoms with Gasteiger partial charge in [-0.3, -0.25) is 19.2 Å². The van der Waals surface area contributed by atoms with Crippen LogP contribution >= 0.6 is 0 Å². The minimum absolute atomic E-state index is 0.0229. The first-order chi connectivity index (χ1) is 13.7. The van der Waals surface area contributed by atoms with Crippen molar-refractivity contribution in [2.75, 3.05) is 14.2 Å². The van der Waals surface area contributed by atoms with Crippen LogP contribution in [0.15, 0.2) is 0 Å². The number of carboxylic acid groups (broad SMARTS) is 2. The molecule has 0 aromatic carbocycles. The van der Waals surface area contributed by atoms with Crippen LogP contribution < -0.4 is 0 Å². The van der Waals surface area contributed by atoms with Crippen molar-refractivity contribution in [2.45, 2.75) is 86.9 Å². The predicted molar refractivity (Wildman–Crippen MR) is 112 cm³/mol. The van der Waals surface area contributed by atoms with Gasteiger partial charge in [0.25, 0.3) is 0 Å². The van der Waals surface area contributed by atoms with Gasteiger partial charge in [-0.2, -0.15) is 0 Å². The maximum absolute atomic E-state index is 10.4. The number of hydrogen-bond donors (Lipinski definition) is 2. The second kappa shape index (κ2) is 26.7. The molecule has 170 valence electrons. The minimum atomic E-state index is -0.885. The summed E-state index contributed by atoms with van der Waals surface area (Å²) < 4.78 is 11.9. The molecule has 0 atom stereocenters. The Labute approximate surface area is 184 Å². The smallest absolute Gasteiger partial charge is 0.305 e. The van der Waals surface area contributed by atoms with E-state index in [4.69, 9.17) is 10.2 Å². The molecule has 9 heteroatoms. The summed E-state index contributed by atoms with van der Waals surface area (Å²) in [6.45, 7) is 4.58. The van der Waals surface area contributed by atoms with Gasteiger partial charge in [-0.15, -0.1) is 0 Å². The van der Waals surface area contributed by atoms with Gasteiger partial charge in [-0.25, -0.2) is 0 Å². The van der Waals surface area contributed by atoms with Crippen LogP contribution in [0.4, 0.5) is 0 Å². The summed E-state index contributed by atoms with van der Waals surface area (Å²) in [6.07, 6.45) is 6.95. The molecule has 0 saturated carbocycles. The predicted octanol–water partition coefficient (Wildman–Crippen LogP) is 3.96. The number of esters is 2. The van der Waals surface area contributed by atoms with Gasteiger partial charge >= 0.3 is 93.4 Å². The van der Waals surface area contributed by atoms with Crippen LogP contribution in [0.25, 0.3) is 0 Å². The zero-order chi connectivity index (χ0) is 22.9. The Balaban J connectivity index is -0.000000350. The van der Waals surface area contributed by atoms with E-state index in [0.29, 0.717) is 12.8 Å². The molecule has 8 nitrogen and oxygen atoms in total. The third-order valence-corrected chi connectivity index (χ3v) is 7.45. The van der Waals surface area contributed by atoms with E-state index in [9.17, 15) is 19.2 Å². The van der Waals surface area contributed by atoms with E-state index >= 15 is 0 Å². The fourth-order valence-corrected chi connectivity index (χ4v) is 5.86. The second-order valence-corrected chi connectivity index (χ2v) is 10.4. The molecule has 29 heavy (non-hydrogen) atoms. The van der Waals surface area contributed by atoms with Crippen LogP contribution in [-0.2, 0) is 28.7 Å². The minimum Gasteiger partial charge on any atom is -0.481 e. The van der Waals surface area contributed by atoms with Crippen LogP contribution in [0, 0.1) is 0 Å². The molecule has 0 amide bonds.